The highest BCUT2D eigenvalue weighted by atomic mass is 79.9. The predicted molar refractivity (Wildman–Crippen MR) is 78.7 cm³/mol. The zero-order valence-corrected chi connectivity index (χ0v) is 12.8. The van der Waals surface area contributed by atoms with Crippen molar-refractivity contribution in [2.45, 2.75) is 12.5 Å². The molecule has 1 aromatic rings. The molecule has 2 saturated heterocycles. The summed E-state index contributed by atoms with van der Waals surface area (Å²) in [6, 6.07) is 6.64. The van der Waals surface area contributed by atoms with Crippen LogP contribution in [-0.2, 0) is 4.79 Å². The summed E-state index contributed by atoms with van der Waals surface area (Å²) >= 11 is 3.37. The zero-order chi connectivity index (χ0) is 15.0. The summed E-state index contributed by atoms with van der Waals surface area (Å²) in [6.07, 6.45) is 0.620. The first-order valence-electron chi connectivity index (χ1n) is 6.71. The number of imide groups is 1. The second-order valence-corrected chi connectivity index (χ2v) is 5.95. The maximum atomic E-state index is 12.5. The fourth-order valence-corrected chi connectivity index (χ4v) is 3.20. The molecule has 110 valence electrons. The van der Waals surface area contributed by atoms with Crippen molar-refractivity contribution in [2.75, 3.05) is 19.6 Å². The number of carbonyl (C=O) groups excluding carboxylic acids is 3. The van der Waals surface area contributed by atoms with Gasteiger partial charge in [0.1, 0.15) is 0 Å². The van der Waals surface area contributed by atoms with Gasteiger partial charge in [0.05, 0.1) is 18.2 Å². The van der Waals surface area contributed by atoms with Crippen LogP contribution in [0.25, 0.3) is 0 Å². The molecule has 0 saturated carbocycles. The average Bonchev–Trinajstić information content (AvgIpc) is 3.06. The smallest absolute Gasteiger partial charge is 0.324 e. The molecule has 2 heterocycles. The number of halogens is 1. The number of hydrogen-bond acceptors (Lipinski definition) is 3. The Balaban J connectivity index is 1.73. The molecule has 0 radical (unpaired) electrons. The molecule has 6 nitrogen and oxygen atoms in total. The SMILES string of the molecule is O=C(c1ccccc1Br)N1CCC(N2C(=O)CNC2=O)C1. The van der Waals surface area contributed by atoms with Crippen LogP contribution in [0.5, 0.6) is 0 Å². The van der Waals surface area contributed by atoms with Crippen molar-refractivity contribution in [2.24, 2.45) is 0 Å². The molecule has 1 aromatic carbocycles. The summed E-state index contributed by atoms with van der Waals surface area (Å²) in [5.41, 5.74) is 0.593. The second-order valence-electron chi connectivity index (χ2n) is 5.10. The third-order valence-corrected chi connectivity index (χ3v) is 4.49. The van der Waals surface area contributed by atoms with E-state index in [1.54, 1.807) is 11.0 Å². The number of nitrogens with zero attached hydrogens (tertiary/aromatic N) is 2. The molecule has 2 aliphatic rings. The number of benzene rings is 1. The third-order valence-electron chi connectivity index (χ3n) is 3.80. The maximum absolute atomic E-state index is 12.5. The molecular weight excluding hydrogens is 338 g/mol. The molecular formula is C14H14BrN3O3. The molecule has 1 N–H and O–H groups in total. The summed E-state index contributed by atoms with van der Waals surface area (Å²) in [5.74, 6) is -0.308. The van der Waals surface area contributed by atoms with Gasteiger partial charge in [-0.25, -0.2) is 4.79 Å². The molecule has 0 spiro atoms. The van der Waals surface area contributed by atoms with Crippen LogP contribution in [0.3, 0.4) is 0 Å². The minimum absolute atomic E-state index is 0.0491. The lowest BCUT2D eigenvalue weighted by atomic mass is 10.2. The van der Waals surface area contributed by atoms with Gasteiger partial charge in [-0.05, 0) is 34.5 Å². The fraction of sp³-hybridized carbons (Fsp3) is 0.357. The van der Waals surface area contributed by atoms with Crippen molar-refractivity contribution >= 4 is 33.8 Å². The second kappa shape index (κ2) is 5.48. The lowest BCUT2D eigenvalue weighted by Crippen LogP contribution is -2.42. The van der Waals surface area contributed by atoms with Gasteiger partial charge < -0.3 is 10.2 Å². The summed E-state index contributed by atoms with van der Waals surface area (Å²) in [5, 5.41) is 2.51. The van der Waals surface area contributed by atoms with Crippen LogP contribution in [0.15, 0.2) is 28.7 Å². The highest BCUT2D eigenvalue weighted by Gasteiger charge is 2.39. The number of urea groups is 1. The number of amides is 4. The van der Waals surface area contributed by atoms with Gasteiger partial charge in [-0.1, -0.05) is 12.1 Å². The lowest BCUT2D eigenvalue weighted by Gasteiger charge is -2.21. The van der Waals surface area contributed by atoms with Crippen LogP contribution >= 0.6 is 15.9 Å². The van der Waals surface area contributed by atoms with Gasteiger partial charge in [0.2, 0.25) is 5.91 Å². The van der Waals surface area contributed by atoms with Crippen LogP contribution in [-0.4, -0.2) is 53.3 Å². The Morgan fingerprint density at radius 2 is 2.05 bits per heavy atom. The number of carbonyl (C=O) groups is 3. The van der Waals surface area contributed by atoms with E-state index in [9.17, 15) is 14.4 Å². The Kier molecular flexibility index (Phi) is 3.67. The minimum Gasteiger partial charge on any atom is -0.336 e. The van der Waals surface area contributed by atoms with Crippen LogP contribution in [0.2, 0.25) is 0 Å². The fourth-order valence-electron chi connectivity index (χ4n) is 2.75. The first kappa shape index (κ1) is 14.1. The zero-order valence-electron chi connectivity index (χ0n) is 11.2. The quantitative estimate of drug-likeness (QED) is 0.814. The Labute approximate surface area is 130 Å². The molecule has 2 aliphatic heterocycles. The van der Waals surface area contributed by atoms with Gasteiger partial charge in [-0.3, -0.25) is 14.5 Å². The van der Waals surface area contributed by atoms with Gasteiger partial charge in [0.25, 0.3) is 5.91 Å². The van der Waals surface area contributed by atoms with E-state index in [0.29, 0.717) is 25.1 Å². The normalized spacial score (nSPS) is 21.9. The van der Waals surface area contributed by atoms with Crippen LogP contribution in [0.4, 0.5) is 4.79 Å². The number of likely N-dealkylation sites (tertiary alicyclic amines) is 1. The summed E-state index contributed by atoms with van der Waals surface area (Å²) in [7, 11) is 0. The largest absolute Gasteiger partial charge is 0.336 e. The molecule has 21 heavy (non-hydrogen) atoms. The summed E-state index contributed by atoms with van der Waals surface area (Å²) in [6.45, 7) is 0.981. The molecule has 7 heteroatoms. The van der Waals surface area contributed by atoms with Gasteiger partial charge >= 0.3 is 6.03 Å². The van der Waals surface area contributed by atoms with Crippen molar-refractivity contribution in [3.8, 4) is 0 Å². The summed E-state index contributed by atoms with van der Waals surface area (Å²) < 4.78 is 0.744. The number of rotatable bonds is 2. The third kappa shape index (κ3) is 2.53. The molecule has 0 bridgehead atoms. The van der Waals surface area contributed by atoms with E-state index >= 15 is 0 Å². The van der Waals surface area contributed by atoms with Crippen molar-refractivity contribution in [3.05, 3.63) is 34.3 Å². The number of nitrogens with one attached hydrogen (secondary N) is 1. The number of hydrogen-bond donors (Lipinski definition) is 1. The molecule has 1 unspecified atom stereocenters. The van der Waals surface area contributed by atoms with E-state index in [2.05, 4.69) is 21.2 Å². The van der Waals surface area contributed by atoms with Crippen molar-refractivity contribution in [3.63, 3.8) is 0 Å². The van der Waals surface area contributed by atoms with E-state index in [-0.39, 0.29) is 30.4 Å². The standard InChI is InChI=1S/C14H14BrN3O3/c15-11-4-2-1-3-10(11)13(20)17-6-5-9(8-17)18-12(19)7-16-14(18)21/h1-4,9H,5-8H2,(H,16,21). The monoisotopic (exact) mass is 351 g/mol. The van der Waals surface area contributed by atoms with Crippen LogP contribution in [0.1, 0.15) is 16.8 Å². The van der Waals surface area contributed by atoms with Gasteiger partial charge in [0.15, 0.2) is 0 Å². The first-order chi connectivity index (χ1) is 10.1. The van der Waals surface area contributed by atoms with E-state index in [1.807, 2.05) is 18.2 Å². The molecule has 1 atom stereocenters. The maximum Gasteiger partial charge on any atom is 0.324 e. The van der Waals surface area contributed by atoms with Crippen LogP contribution < -0.4 is 5.32 Å². The topological polar surface area (TPSA) is 69.7 Å². The van der Waals surface area contributed by atoms with Gasteiger partial charge in [0, 0.05) is 17.6 Å². The van der Waals surface area contributed by atoms with E-state index < -0.39 is 0 Å². The first-order valence-corrected chi connectivity index (χ1v) is 7.51. The van der Waals surface area contributed by atoms with Gasteiger partial charge in [-0.15, -0.1) is 0 Å². The van der Waals surface area contributed by atoms with E-state index in [0.717, 1.165) is 4.47 Å². The van der Waals surface area contributed by atoms with Crippen molar-refractivity contribution in [1.82, 2.24) is 15.1 Å². The Morgan fingerprint density at radius 1 is 1.29 bits per heavy atom. The summed E-state index contributed by atoms with van der Waals surface area (Å²) in [4.78, 5) is 38.8. The molecule has 4 amide bonds. The molecule has 2 fully saturated rings. The predicted octanol–water partition coefficient (Wildman–Crippen LogP) is 1.22. The van der Waals surface area contributed by atoms with Gasteiger partial charge in [-0.2, -0.15) is 0 Å². The Bertz CT molecular complexity index is 603. The van der Waals surface area contributed by atoms with Crippen LogP contribution in [0, 0.1) is 0 Å². The Hall–Kier alpha value is -1.89. The minimum atomic E-state index is -0.361. The van der Waals surface area contributed by atoms with Crippen molar-refractivity contribution < 1.29 is 14.4 Å². The van der Waals surface area contributed by atoms with E-state index in [4.69, 9.17) is 0 Å². The molecule has 0 aliphatic carbocycles. The molecule has 0 aromatic heterocycles. The lowest BCUT2D eigenvalue weighted by molar-refractivity contribution is -0.126. The Morgan fingerprint density at radius 3 is 2.71 bits per heavy atom. The molecule has 3 rings (SSSR count). The average molecular weight is 352 g/mol. The van der Waals surface area contributed by atoms with Crippen molar-refractivity contribution in [1.29, 1.82) is 0 Å². The highest BCUT2D eigenvalue weighted by Crippen LogP contribution is 2.23. The van der Waals surface area contributed by atoms with E-state index in [1.165, 1.54) is 4.90 Å². The highest BCUT2D eigenvalue weighted by molar-refractivity contribution is 9.10.